The molecule has 0 bridgehead atoms. The Labute approximate surface area is 151 Å². The van der Waals surface area contributed by atoms with E-state index in [1.54, 1.807) is 6.20 Å². The van der Waals surface area contributed by atoms with E-state index in [0.29, 0.717) is 0 Å². The molecular formula is C21H21ClNP. The lowest BCUT2D eigenvalue weighted by Crippen LogP contribution is -3.00. The van der Waals surface area contributed by atoms with E-state index in [4.69, 9.17) is 5.73 Å². The first-order valence-corrected chi connectivity index (χ1v) is 9.77. The third-order valence-electron chi connectivity index (χ3n) is 4.11. The van der Waals surface area contributed by atoms with Gasteiger partial charge in [0.1, 0.15) is 23.2 Å². The zero-order valence-electron chi connectivity index (χ0n) is 13.4. The van der Waals surface area contributed by atoms with Crippen molar-refractivity contribution in [3.8, 4) is 0 Å². The minimum Gasteiger partial charge on any atom is -1.00 e. The molecule has 0 aliphatic carbocycles. The van der Waals surface area contributed by atoms with Crippen LogP contribution in [0.25, 0.3) is 0 Å². The maximum absolute atomic E-state index is 5.71. The van der Waals surface area contributed by atoms with Gasteiger partial charge in [0.05, 0.1) is 6.16 Å². The van der Waals surface area contributed by atoms with Crippen molar-refractivity contribution in [2.45, 2.75) is 0 Å². The van der Waals surface area contributed by atoms with Gasteiger partial charge in [-0.25, -0.2) is 0 Å². The van der Waals surface area contributed by atoms with E-state index in [1.165, 1.54) is 15.9 Å². The van der Waals surface area contributed by atoms with Crippen molar-refractivity contribution in [1.29, 1.82) is 0 Å². The van der Waals surface area contributed by atoms with Crippen molar-refractivity contribution < 1.29 is 12.4 Å². The molecule has 24 heavy (non-hydrogen) atoms. The van der Waals surface area contributed by atoms with Crippen LogP contribution in [0.4, 0.5) is 0 Å². The second-order valence-corrected chi connectivity index (χ2v) is 8.96. The van der Waals surface area contributed by atoms with Gasteiger partial charge in [0.2, 0.25) is 0 Å². The van der Waals surface area contributed by atoms with Crippen molar-refractivity contribution >= 4 is 23.2 Å². The molecule has 3 aromatic rings. The lowest BCUT2D eigenvalue weighted by atomic mass is 10.4. The fourth-order valence-electron chi connectivity index (χ4n) is 3.03. The van der Waals surface area contributed by atoms with E-state index < -0.39 is 7.26 Å². The molecule has 0 amide bonds. The minimum atomic E-state index is -1.74. The summed E-state index contributed by atoms with van der Waals surface area (Å²) in [5, 5.41) is 4.15. The van der Waals surface area contributed by atoms with Gasteiger partial charge in [-0.15, -0.1) is 0 Å². The van der Waals surface area contributed by atoms with E-state index in [9.17, 15) is 0 Å². The van der Waals surface area contributed by atoms with Gasteiger partial charge in [0, 0.05) is 0 Å². The molecule has 3 heteroatoms. The second-order valence-electron chi connectivity index (χ2n) is 5.43. The van der Waals surface area contributed by atoms with Crippen LogP contribution in [0.3, 0.4) is 0 Å². The number of nitrogens with two attached hydrogens (primary N) is 1. The Hall–Kier alpha value is -2.08. The molecular weight excluding hydrogens is 333 g/mol. The normalized spacial score (nSPS) is 11.2. The van der Waals surface area contributed by atoms with Gasteiger partial charge in [0.15, 0.2) is 0 Å². The summed E-state index contributed by atoms with van der Waals surface area (Å²) in [6.45, 7) is 0. The Morgan fingerprint density at radius 2 is 0.958 bits per heavy atom. The molecule has 0 atom stereocenters. The molecule has 3 rings (SSSR count). The smallest absolute Gasteiger partial charge is 0.116 e. The highest BCUT2D eigenvalue weighted by molar-refractivity contribution is 7.95. The summed E-state index contributed by atoms with van der Waals surface area (Å²) < 4.78 is 0. The van der Waals surface area contributed by atoms with Crippen molar-refractivity contribution in [3.05, 3.63) is 103 Å². The third kappa shape index (κ3) is 3.53. The highest BCUT2D eigenvalue weighted by atomic mass is 35.5. The summed E-state index contributed by atoms with van der Waals surface area (Å²) in [6.07, 6.45) is 4.70. The fraction of sp³-hybridized carbons (Fsp3) is 0.0476. The van der Waals surface area contributed by atoms with Crippen LogP contribution in [0.2, 0.25) is 0 Å². The van der Waals surface area contributed by atoms with Crippen LogP contribution in [-0.4, -0.2) is 6.16 Å². The predicted molar refractivity (Wildman–Crippen MR) is 103 cm³/mol. The average molecular weight is 354 g/mol. The first kappa shape index (κ1) is 18.3. The molecule has 0 radical (unpaired) electrons. The largest absolute Gasteiger partial charge is 1.00 e. The highest BCUT2D eigenvalue weighted by Crippen LogP contribution is 2.55. The average Bonchev–Trinajstić information content (AvgIpc) is 2.65. The molecule has 2 N–H and O–H groups in total. The Morgan fingerprint density at radius 3 is 1.25 bits per heavy atom. The number of benzene rings is 3. The van der Waals surface area contributed by atoms with Gasteiger partial charge in [0.25, 0.3) is 0 Å². The lowest BCUT2D eigenvalue weighted by molar-refractivity contribution is -0.00000453. The number of allylic oxidation sites excluding steroid dienone is 1. The summed E-state index contributed by atoms with van der Waals surface area (Å²) in [6, 6.07) is 32.5. The van der Waals surface area contributed by atoms with Gasteiger partial charge in [-0.1, -0.05) is 54.6 Å². The van der Waals surface area contributed by atoms with Gasteiger partial charge < -0.3 is 18.1 Å². The van der Waals surface area contributed by atoms with E-state index in [1.807, 2.05) is 0 Å². The molecule has 0 saturated heterocycles. The number of rotatable bonds is 5. The standard InChI is InChI=1S/C21H21NP.ClH/c22-17-10-18-23(19-11-4-1-5-12-19,20-13-6-2-7-14-20)21-15-8-3-9-16-21;/h1-17H,18,22H2;1H/q+1;/p-1. The Kier molecular flexibility index (Phi) is 6.61. The van der Waals surface area contributed by atoms with Gasteiger partial charge in [-0.2, -0.15) is 0 Å². The molecule has 3 aromatic carbocycles. The Balaban J connectivity index is 0.00000208. The number of hydrogen-bond acceptors (Lipinski definition) is 1. The molecule has 0 spiro atoms. The van der Waals surface area contributed by atoms with E-state index in [2.05, 4.69) is 97.1 Å². The third-order valence-corrected chi connectivity index (χ3v) is 8.40. The van der Waals surface area contributed by atoms with Crippen LogP contribution in [-0.2, 0) is 0 Å². The maximum atomic E-state index is 5.71. The molecule has 122 valence electrons. The van der Waals surface area contributed by atoms with Crippen LogP contribution in [0.1, 0.15) is 0 Å². The lowest BCUT2D eigenvalue weighted by Gasteiger charge is -2.26. The first-order chi connectivity index (χ1) is 11.4. The molecule has 0 aliphatic heterocycles. The zero-order chi connectivity index (χ0) is 16.0. The summed E-state index contributed by atoms with van der Waals surface area (Å²) in [4.78, 5) is 0. The summed E-state index contributed by atoms with van der Waals surface area (Å²) in [7, 11) is -1.74. The van der Waals surface area contributed by atoms with Crippen LogP contribution in [0.15, 0.2) is 103 Å². The maximum Gasteiger partial charge on any atom is 0.116 e. The molecule has 0 unspecified atom stereocenters. The van der Waals surface area contributed by atoms with Crippen LogP contribution in [0, 0.1) is 0 Å². The molecule has 0 fully saturated rings. The first-order valence-electron chi connectivity index (χ1n) is 7.79. The molecule has 0 heterocycles. The number of hydrogen-bond donors (Lipinski definition) is 1. The second kappa shape index (κ2) is 8.68. The van der Waals surface area contributed by atoms with Crippen molar-refractivity contribution in [1.82, 2.24) is 0 Å². The van der Waals surface area contributed by atoms with E-state index >= 15 is 0 Å². The minimum absolute atomic E-state index is 0. The topological polar surface area (TPSA) is 26.0 Å². The van der Waals surface area contributed by atoms with Crippen LogP contribution < -0.4 is 34.1 Å². The summed E-state index contributed by atoms with van der Waals surface area (Å²) in [5.41, 5.74) is 5.71. The highest BCUT2D eigenvalue weighted by Gasteiger charge is 2.43. The molecule has 0 aliphatic rings. The van der Waals surface area contributed by atoms with E-state index in [0.717, 1.165) is 6.16 Å². The molecule has 0 aromatic heterocycles. The number of halogens is 1. The molecule has 0 saturated carbocycles. The zero-order valence-corrected chi connectivity index (χ0v) is 15.1. The molecule has 1 nitrogen and oxygen atoms in total. The van der Waals surface area contributed by atoms with Crippen LogP contribution in [0.5, 0.6) is 0 Å². The SMILES string of the molecule is NC=CC[P+](c1ccccc1)(c1ccccc1)c1ccccc1.[Cl-]. The summed E-state index contributed by atoms with van der Waals surface area (Å²) in [5.74, 6) is 0. The fourth-order valence-corrected chi connectivity index (χ4v) is 7.04. The monoisotopic (exact) mass is 353 g/mol. The Bertz CT molecular complexity index is 661. The predicted octanol–water partition coefficient (Wildman–Crippen LogP) is 0.457. The van der Waals surface area contributed by atoms with E-state index in [-0.39, 0.29) is 12.4 Å². The summed E-state index contributed by atoms with van der Waals surface area (Å²) >= 11 is 0. The van der Waals surface area contributed by atoms with Gasteiger partial charge in [-0.05, 0) is 48.7 Å². The van der Waals surface area contributed by atoms with Crippen molar-refractivity contribution in [3.63, 3.8) is 0 Å². The van der Waals surface area contributed by atoms with Crippen LogP contribution >= 0.6 is 7.26 Å². The van der Waals surface area contributed by atoms with Gasteiger partial charge >= 0.3 is 0 Å². The van der Waals surface area contributed by atoms with Crippen molar-refractivity contribution in [2.24, 2.45) is 5.73 Å². The quantitative estimate of drug-likeness (QED) is 0.663. The Morgan fingerprint density at radius 1 is 0.625 bits per heavy atom. The van der Waals surface area contributed by atoms with Gasteiger partial charge in [-0.3, -0.25) is 0 Å². The van der Waals surface area contributed by atoms with Crippen molar-refractivity contribution in [2.75, 3.05) is 6.16 Å².